The summed E-state index contributed by atoms with van der Waals surface area (Å²) in [4.78, 5) is 2.39. The van der Waals surface area contributed by atoms with Crippen molar-refractivity contribution < 1.29 is 9.84 Å². The molecule has 0 saturated carbocycles. The van der Waals surface area contributed by atoms with E-state index in [0.29, 0.717) is 5.92 Å². The number of ether oxygens (including phenoxy) is 1. The van der Waals surface area contributed by atoms with E-state index in [9.17, 15) is 5.11 Å². The van der Waals surface area contributed by atoms with Crippen LogP contribution in [-0.2, 0) is 4.74 Å². The summed E-state index contributed by atoms with van der Waals surface area (Å²) in [5, 5.41) is 10.1. The van der Waals surface area contributed by atoms with Gasteiger partial charge in [-0.25, -0.2) is 0 Å². The molecule has 1 heterocycles. The van der Waals surface area contributed by atoms with E-state index in [1.165, 1.54) is 6.42 Å². The van der Waals surface area contributed by atoms with E-state index in [-0.39, 0.29) is 12.2 Å². The molecule has 1 saturated heterocycles. The van der Waals surface area contributed by atoms with Gasteiger partial charge in [0.1, 0.15) is 0 Å². The summed E-state index contributed by atoms with van der Waals surface area (Å²) in [6.07, 6.45) is 1.89. The Morgan fingerprint density at radius 1 is 1.47 bits per heavy atom. The van der Waals surface area contributed by atoms with Crippen LogP contribution in [-0.4, -0.2) is 48.5 Å². The smallest absolute Gasteiger partial charge is 0.0963 e. The molecule has 90 valence electrons. The third kappa shape index (κ3) is 3.74. The molecule has 1 aliphatic rings. The van der Waals surface area contributed by atoms with Crippen molar-refractivity contribution >= 4 is 0 Å². The van der Waals surface area contributed by atoms with Crippen molar-refractivity contribution in [3.63, 3.8) is 0 Å². The molecule has 1 fully saturated rings. The number of aliphatic hydroxyl groups is 1. The van der Waals surface area contributed by atoms with Gasteiger partial charge in [0.2, 0.25) is 0 Å². The minimum absolute atomic E-state index is 0.0141. The van der Waals surface area contributed by atoms with Gasteiger partial charge in [0.25, 0.3) is 0 Å². The average Bonchev–Trinajstić information content (AvgIpc) is 2.28. The summed E-state index contributed by atoms with van der Waals surface area (Å²) >= 11 is 0. The van der Waals surface area contributed by atoms with Gasteiger partial charge in [-0.1, -0.05) is 27.2 Å². The molecule has 3 nitrogen and oxygen atoms in total. The van der Waals surface area contributed by atoms with Crippen LogP contribution in [0.15, 0.2) is 0 Å². The van der Waals surface area contributed by atoms with Crippen molar-refractivity contribution in [1.82, 2.24) is 4.90 Å². The van der Waals surface area contributed by atoms with Gasteiger partial charge in [-0.3, -0.25) is 4.90 Å². The first-order valence-electron chi connectivity index (χ1n) is 6.21. The highest BCUT2D eigenvalue weighted by atomic mass is 16.5. The second-order valence-electron chi connectivity index (χ2n) is 4.59. The fourth-order valence-corrected chi connectivity index (χ4v) is 2.07. The monoisotopic (exact) mass is 215 g/mol. The van der Waals surface area contributed by atoms with E-state index >= 15 is 0 Å². The first kappa shape index (κ1) is 12.9. The molecule has 0 aromatic carbocycles. The largest absolute Gasteiger partial charge is 0.390 e. The Balaban J connectivity index is 2.41. The number of nitrogens with zero attached hydrogens (tertiary/aromatic N) is 1. The second kappa shape index (κ2) is 6.46. The SMILES string of the molecule is CCCN1CCOC(C(O)C(C)CC)C1. The Labute approximate surface area is 93.4 Å². The highest BCUT2D eigenvalue weighted by Gasteiger charge is 2.29. The normalized spacial score (nSPS) is 27.6. The van der Waals surface area contributed by atoms with Crippen LogP contribution in [0.3, 0.4) is 0 Å². The second-order valence-corrected chi connectivity index (χ2v) is 4.59. The van der Waals surface area contributed by atoms with Crippen LogP contribution >= 0.6 is 0 Å². The number of rotatable bonds is 5. The molecule has 0 radical (unpaired) electrons. The topological polar surface area (TPSA) is 32.7 Å². The molecule has 0 spiro atoms. The van der Waals surface area contributed by atoms with Crippen LogP contribution in [0.2, 0.25) is 0 Å². The zero-order valence-electron chi connectivity index (χ0n) is 10.3. The van der Waals surface area contributed by atoms with Crippen molar-refractivity contribution in [2.75, 3.05) is 26.2 Å². The molecule has 0 amide bonds. The highest BCUT2D eigenvalue weighted by molar-refractivity contribution is 4.80. The van der Waals surface area contributed by atoms with Crippen molar-refractivity contribution in [2.45, 2.75) is 45.8 Å². The van der Waals surface area contributed by atoms with Gasteiger partial charge in [0.15, 0.2) is 0 Å². The quantitative estimate of drug-likeness (QED) is 0.754. The summed E-state index contributed by atoms with van der Waals surface area (Å²) in [6, 6.07) is 0. The van der Waals surface area contributed by atoms with Gasteiger partial charge in [-0.2, -0.15) is 0 Å². The number of hydrogen-bond donors (Lipinski definition) is 1. The van der Waals surface area contributed by atoms with Gasteiger partial charge < -0.3 is 9.84 Å². The maximum atomic E-state index is 10.1. The molecule has 1 aliphatic heterocycles. The maximum absolute atomic E-state index is 10.1. The first-order chi connectivity index (χ1) is 7.19. The van der Waals surface area contributed by atoms with Crippen molar-refractivity contribution in [1.29, 1.82) is 0 Å². The first-order valence-corrected chi connectivity index (χ1v) is 6.21. The third-order valence-electron chi connectivity index (χ3n) is 3.33. The zero-order valence-corrected chi connectivity index (χ0v) is 10.3. The lowest BCUT2D eigenvalue weighted by Gasteiger charge is -2.36. The van der Waals surface area contributed by atoms with Gasteiger partial charge in [0.05, 0.1) is 18.8 Å². The summed E-state index contributed by atoms with van der Waals surface area (Å²) in [6.45, 7) is 10.2. The van der Waals surface area contributed by atoms with E-state index in [1.54, 1.807) is 0 Å². The van der Waals surface area contributed by atoms with Crippen LogP contribution in [0.1, 0.15) is 33.6 Å². The van der Waals surface area contributed by atoms with Crippen LogP contribution in [0, 0.1) is 5.92 Å². The number of aliphatic hydroxyl groups excluding tert-OH is 1. The lowest BCUT2D eigenvalue weighted by molar-refractivity contribution is -0.103. The standard InChI is InChI=1S/C12H25NO2/c1-4-6-13-7-8-15-11(9-13)12(14)10(3)5-2/h10-12,14H,4-9H2,1-3H3. The van der Waals surface area contributed by atoms with Gasteiger partial charge in [-0.05, 0) is 18.9 Å². The van der Waals surface area contributed by atoms with Crippen molar-refractivity contribution in [3.05, 3.63) is 0 Å². The van der Waals surface area contributed by atoms with E-state index in [4.69, 9.17) is 4.74 Å². The molecule has 3 atom stereocenters. The van der Waals surface area contributed by atoms with Gasteiger partial charge in [0, 0.05) is 13.1 Å². The Kier molecular flexibility index (Phi) is 5.58. The Bertz CT molecular complexity index is 173. The fourth-order valence-electron chi connectivity index (χ4n) is 2.07. The van der Waals surface area contributed by atoms with E-state index in [0.717, 1.165) is 32.7 Å². The predicted molar refractivity (Wildman–Crippen MR) is 61.9 cm³/mol. The van der Waals surface area contributed by atoms with Crippen LogP contribution < -0.4 is 0 Å². The zero-order chi connectivity index (χ0) is 11.3. The van der Waals surface area contributed by atoms with Crippen LogP contribution in [0.25, 0.3) is 0 Å². The lowest BCUT2D eigenvalue weighted by Crippen LogP contribution is -2.49. The fraction of sp³-hybridized carbons (Fsp3) is 1.00. The molecule has 3 unspecified atom stereocenters. The molecule has 0 bridgehead atoms. The molecule has 0 aromatic heterocycles. The predicted octanol–water partition coefficient (Wildman–Crippen LogP) is 1.50. The molecule has 0 aliphatic carbocycles. The molecular formula is C12H25NO2. The van der Waals surface area contributed by atoms with Crippen molar-refractivity contribution in [2.24, 2.45) is 5.92 Å². The van der Waals surface area contributed by atoms with Gasteiger partial charge >= 0.3 is 0 Å². The molecule has 0 aromatic rings. The molecule has 1 rings (SSSR count). The molecule has 15 heavy (non-hydrogen) atoms. The van der Waals surface area contributed by atoms with Crippen LogP contribution in [0.5, 0.6) is 0 Å². The number of hydrogen-bond acceptors (Lipinski definition) is 3. The van der Waals surface area contributed by atoms with E-state index in [1.807, 2.05) is 0 Å². The average molecular weight is 215 g/mol. The van der Waals surface area contributed by atoms with E-state index < -0.39 is 0 Å². The Hall–Kier alpha value is -0.120. The molecular weight excluding hydrogens is 190 g/mol. The van der Waals surface area contributed by atoms with Crippen molar-refractivity contribution in [3.8, 4) is 0 Å². The minimum Gasteiger partial charge on any atom is -0.390 e. The maximum Gasteiger partial charge on any atom is 0.0963 e. The Morgan fingerprint density at radius 2 is 2.20 bits per heavy atom. The van der Waals surface area contributed by atoms with Gasteiger partial charge in [-0.15, -0.1) is 0 Å². The summed E-state index contributed by atoms with van der Waals surface area (Å²) in [5.41, 5.74) is 0. The summed E-state index contributed by atoms with van der Waals surface area (Å²) in [5.74, 6) is 0.330. The lowest BCUT2D eigenvalue weighted by atomic mass is 9.96. The molecule has 3 heteroatoms. The summed E-state index contributed by atoms with van der Waals surface area (Å²) < 4.78 is 5.65. The van der Waals surface area contributed by atoms with E-state index in [2.05, 4.69) is 25.7 Å². The summed E-state index contributed by atoms with van der Waals surface area (Å²) in [7, 11) is 0. The Morgan fingerprint density at radius 3 is 2.80 bits per heavy atom. The number of morpholine rings is 1. The highest BCUT2D eigenvalue weighted by Crippen LogP contribution is 2.17. The molecule has 1 N–H and O–H groups in total. The minimum atomic E-state index is -0.311. The third-order valence-corrected chi connectivity index (χ3v) is 3.33. The van der Waals surface area contributed by atoms with Crippen LogP contribution in [0.4, 0.5) is 0 Å².